The van der Waals surface area contributed by atoms with E-state index in [9.17, 15) is 0 Å². The Bertz CT molecular complexity index is 164. The van der Waals surface area contributed by atoms with Gasteiger partial charge in [0.2, 0.25) is 0 Å². The lowest BCUT2D eigenvalue weighted by molar-refractivity contribution is 0.116. The maximum Gasteiger partial charge on any atom is 0.0639 e. The second kappa shape index (κ2) is 5.13. The Morgan fingerprint density at radius 1 is 1.43 bits per heavy atom. The van der Waals surface area contributed by atoms with Crippen LogP contribution in [0.25, 0.3) is 0 Å². The van der Waals surface area contributed by atoms with E-state index in [-0.39, 0.29) is 5.54 Å². The number of rotatable bonds is 7. The molecule has 0 amide bonds. The summed E-state index contributed by atoms with van der Waals surface area (Å²) in [6, 6.07) is 0.713. The molecule has 1 fully saturated rings. The third-order valence-electron chi connectivity index (χ3n) is 2.87. The number of ether oxygens (including phenoxy) is 1. The molecule has 1 N–H and O–H groups in total. The van der Waals surface area contributed by atoms with E-state index in [1.54, 1.807) is 7.11 Å². The molecule has 1 rings (SSSR count). The number of hydrogen-bond donors (Lipinski definition) is 1. The Labute approximate surface area is 88.4 Å². The smallest absolute Gasteiger partial charge is 0.0639 e. The summed E-state index contributed by atoms with van der Waals surface area (Å²) in [5.41, 5.74) is 0.122. The second-order valence-electron chi connectivity index (χ2n) is 5.19. The van der Waals surface area contributed by atoms with Crippen LogP contribution in [0.2, 0.25) is 0 Å². The van der Waals surface area contributed by atoms with Gasteiger partial charge < -0.3 is 10.1 Å². The van der Waals surface area contributed by atoms with Gasteiger partial charge in [-0.1, -0.05) is 13.3 Å². The van der Waals surface area contributed by atoms with Crippen LogP contribution in [0.5, 0.6) is 0 Å². The highest BCUT2D eigenvalue weighted by molar-refractivity contribution is 4.91. The molecule has 0 heterocycles. The topological polar surface area (TPSA) is 21.3 Å². The zero-order valence-corrected chi connectivity index (χ0v) is 10.1. The predicted octanol–water partition coefficient (Wildman–Crippen LogP) is 2.58. The Morgan fingerprint density at radius 2 is 2.07 bits per heavy atom. The molecule has 0 aliphatic heterocycles. The molecule has 0 radical (unpaired) electrons. The van der Waals surface area contributed by atoms with Crippen molar-refractivity contribution in [2.24, 2.45) is 5.92 Å². The average Bonchev–Trinajstić information content (AvgIpc) is 2.84. The van der Waals surface area contributed by atoms with Crippen LogP contribution in [0.1, 0.15) is 46.5 Å². The molecule has 14 heavy (non-hydrogen) atoms. The van der Waals surface area contributed by atoms with Crippen LogP contribution in [-0.4, -0.2) is 25.3 Å². The number of methoxy groups -OCH3 is 1. The van der Waals surface area contributed by atoms with E-state index in [2.05, 4.69) is 26.1 Å². The van der Waals surface area contributed by atoms with Crippen LogP contribution >= 0.6 is 0 Å². The minimum Gasteiger partial charge on any atom is -0.383 e. The van der Waals surface area contributed by atoms with Crippen LogP contribution in [0.4, 0.5) is 0 Å². The van der Waals surface area contributed by atoms with Crippen molar-refractivity contribution in [3.63, 3.8) is 0 Å². The molecule has 1 aliphatic carbocycles. The summed E-state index contributed by atoms with van der Waals surface area (Å²) in [6.45, 7) is 7.50. The van der Waals surface area contributed by atoms with Crippen LogP contribution in [0.3, 0.4) is 0 Å². The highest BCUT2D eigenvalue weighted by Gasteiger charge is 2.33. The van der Waals surface area contributed by atoms with Crippen molar-refractivity contribution >= 4 is 0 Å². The molecule has 2 nitrogen and oxygen atoms in total. The normalized spacial score (nSPS) is 19.7. The lowest BCUT2D eigenvalue weighted by Gasteiger charge is -2.31. The fraction of sp³-hybridized carbons (Fsp3) is 1.00. The molecule has 1 aliphatic rings. The van der Waals surface area contributed by atoms with Crippen LogP contribution in [-0.2, 0) is 4.74 Å². The molecule has 0 bridgehead atoms. The van der Waals surface area contributed by atoms with Gasteiger partial charge in [0.15, 0.2) is 0 Å². The van der Waals surface area contributed by atoms with Crippen LogP contribution in [0, 0.1) is 5.92 Å². The van der Waals surface area contributed by atoms with Gasteiger partial charge in [0.25, 0.3) is 0 Å². The molecule has 0 spiro atoms. The third-order valence-corrected chi connectivity index (χ3v) is 2.87. The van der Waals surface area contributed by atoms with Crippen molar-refractivity contribution in [1.82, 2.24) is 5.32 Å². The molecule has 1 saturated carbocycles. The van der Waals surface area contributed by atoms with Gasteiger partial charge in [-0.25, -0.2) is 0 Å². The van der Waals surface area contributed by atoms with Crippen LogP contribution < -0.4 is 5.32 Å². The quantitative estimate of drug-likeness (QED) is 0.680. The molecule has 1 unspecified atom stereocenters. The van der Waals surface area contributed by atoms with Gasteiger partial charge >= 0.3 is 0 Å². The summed E-state index contributed by atoms with van der Waals surface area (Å²) in [6.07, 6.45) is 5.41. The fourth-order valence-electron chi connectivity index (χ4n) is 2.14. The van der Waals surface area contributed by atoms with Gasteiger partial charge in [-0.05, 0) is 39.0 Å². The molecular weight excluding hydrogens is 174 g/mol. The Hall–Kier alpha value is -0.0800. The minimum absolute atomic E-state index is 0.122. The van der Waals surface area contributed by atoms with Crippen molar-refractivity contribution in [3.05, 3.63) is 0 Å². The molecular formula is C12H25NO. The van der Waals surface area contributed by atoms with Gasteiger partial charge in [-0.3, -0.25) is 0 Å². The molecule has 0 aromatic rings. The SMILES string of the molecule is CCCC(NC(C)(C)COC)C1CC1. The Kier molecular flexibility index (Phi) is 4.39. The molecule has 1 atom stereocenters. The van der Waals surface area contributed by atoms with E-state index < -0.39 is 0 Å². The van der Waals surface area contributed by atoms with Crippen LogP contribution in [0.15, 0.2) is 0 Å². The first-order chi connectivity index (χ1) is 6.59. The molecule has 2 heteroatoms. The summed E-state index contributed by atoms with van der Waals surface area (Å²) >= 11 is 0. The van der Waals surface area contributed by atoms with Gasteiger partial charge in [0.05, 0.1) is 6.61 Å². The Morgan fingerprint density at radius 3 is 2.50 bits per heavy atom. The maximum atomic E-state index is 5.22. The zero-order chi connectivity index (χ0) is 10.6. The highest BCUT2D eigenvalue weighted by Crippen LogP contribution is 2.35. The van der Waals surface area contributed by atoms with E-state index in [4.69, 9.17) is 4.74 Å². The summed E-state index contributed by atoms with van der Waals surface area (Å²) in [5.74, 6) is 0.936. The van der Waals surface area contributed by atoms with E-state index >= 15 is 0 Å². The van der Waals surface area contributed by atoms with Gasteiger partial charge in [-0.15, -0.1) is 0 Å². The van der Waals surface area contributed by atoms with Gasteiger partial charge in [0, 0.05) is 18.7 Å². The summed E-state index contributed by atoms with van der Waals surface area (Å²) in [4.78, 5) is 0. The van der Waals surface area contributed by atoms with Gasteiger partial charge in [0.1, 0.15) is 0 Å². The molecule has 0 aromatic carbocycles. The first-order valence-corrected chi connectivity index (χ1v) is 5.85. The summed E-state index contributed by atoms with van der Waals surface area (Å²) in [5, 5.41) is 3.73. The van der Waals surface area contributed by atoms with E-state index in [1.807, 2.05) is 0 Å². The highest BCUT2D eigenvalue weighted by atomic mass is 16.5. The van der Waals surface area contributed by atoms with Crippen molar-refractivity contribution in [2.45, 2.75) is 58.0 Å². The first kappa shape index (κ1) is 12.0. The first-order valence-electron chi connectivity index (χ1n) is 5.85. The minimum atomic E-state index is 0.122. The van der Waals surface area contributed by atoms with Crippen molar-refractivity contribution < 1.29 is 4.74 Å². The lowest BCUT2D eigenvalue weighted by Crippen LogP contribution is -2.49. The van der Waals surface area contributed by atoms with Gasteiger partial charge in [-0.2, -0.15) is 0 Å². The molecule has 0 saturated heterocycles. The monoisotopic (exact) mass is 199 g/mol. The standard InChI is InChI=1S/C12H25NO/c1-5-6-11(10-7-8-10)13-12(2,3)9-14-4/h10-11,13H,5-9H2,1-4H3. The Balaban J connectivity index is 2.36. The van der Waals surface area contributed by atoms with Crippen molar-refractivity contribution in [1.29, 1.82) is 0 Å². The largest absolute Gasteiger partial charge is 0.383 e. The van der Waals surface area contributed by atoms with Crippen molar-refractivity contribution in [3.8, 4) is 0 Å². The molecule has 84 valence electrons. The molecule has 0 aromatic heterocycles. The lowest BCUT2D eigenvalue weighted by atomic mass is 10.0. The number of hydrogen-bond acceptors (Lipinski definition) is 2. The maximum absolute atomic E-state index is 5.22. The second-order valence-corrected chi connectivity index (χ2v) is 5.19. The summed E-state index contributed by atoms with van der Waals surface area (Å²) < 4.78 is 5.22. The van der Waals surface area contributed by atoms with E-state index in [0.717, 1.165) is 12.5 Å². The van der Waals surface area contributed by atoms with E-state index in [1.165, 1.54) is 25.7 Å². The predicted molar refractivity (Wildman–Crippen MR) is 60.5 cm³/mol. The van der Waals surface area contributed by atoms with Crippen molar-refractivity contribution in [2.75, 3.05) is 13.7 Å². The summed E-state index contributed by atoms with van der Waals surface area (Å²) in [7, 11) is 1.77. The van der Waals surface area contributed by atoms with E-state index in [0.29, 0.717) is 6.04 Å². The third kappa shape index (κ3) is 3.97. The zero-order valence-electron chi connectivity index (χ0n) is 10.1. The average molecular weight is 199 g/mol. The number of nitrogens with one attached hydrogen (secondary N) is 1. The fourth-order valence-corrected chi connectivity index (χ4v) is 2.14.